The maximum absolute atomic E-state index is 13.0. The maximum Gasteiger partial charge on any atom is 0.290 e. The predicted octanol–water partition coefficient (Wildman–Crippen LogP) is 3.43. The number of para-hydroxylation sites is 1. The molecular formula is C19H20N2O3. The fourth-order valence-corrected chi connectivity index (χ4v) is 2.66. The lowest BCUT2D eigenvalue weighted by Crippen LogP contribution is -2.33. The van der Waals surface area contributed by atoms with E-state index in [0.29, 0.717) is 25.5 Å². The summed E-state index contributed by atoms with van der Waals surface area (Å²) >= 11 is 0. The molecule has 0 radical (unpaired) electrons. The van der Waals surface area contributed by atoms with Crippen molar-refractivity contribution in [3.8, 4) is 0 Å². The summed E-state index contributed by atoms with van der Waals surface area (Å²) in [5.41, 5.74) is 2.41. The Balaban J connectivity index is 1.90. The number of aromatic nitrogens is 1. The highest BCUT2D eigenvalue weighted by Gasteiger charge is 2.23. The zero-order chi connectivity index (χ0) is 16.9. The van der Waals surface area contributed by atoms with E-state index in [2.05, 4.69) is 4.98 Å². The predicted molar refractivity (Wildman–Crippen MR) is 91.8 cm³/mol. The molecule has 3 aromatic rings. The largest absolute Gasteiger partial charge is 0.451 e. The fourth-order valence-electron chi connectivity index (χ4n) is 2.66. The van der Waals surface area contributed by atoms with Crippen molar-refractivity contribution in [3.05, 3.63) is 65.7 Å². The smallest absolute Gasteiger partial charge is 0.290 e. The van der Waals surface area contributed by atoms with Crippen LogP contribution in [-0.4, -0.2) is 36.1 Å². The number of rotatable bonds is 6. The first-order valence-corrected chi connectivity index (χ1v) is 7.87. The van der Waals surface area contributed by atoms with E-state index in [0.717, 1.165) is 22.2 Å². The van der Waals surface area contributed by atoms with E-state index in [1.165, 1.54) is 0 Å². The van der Waals surface area contributed by atoms with Crippen molar-refractivity contribution in [1.29, 1.82) is 0 Å². The molecule has 24 heavy (non-hydrogen) atoms. The van der Waals surface area contributed by atoms with Crippen LogP contribution < -0.4 is 0 Å². The Morgan fingerprint density at radius 3 is 2.71 bits per heavy atom. The van der Waals surface area contributed by atoms with Crippen LogP contribution in [0.3, 0.4) is 0 Å². The molecule has 2 aromatic heterocycles. The van der Waals surface area contributed by atoms with Crippen molar-refractivity contribution >= 4 is 16.9 Å². The van der Waals surface area contributed by atoms with Crippen molar-refractivity contribution in [3.63, 3.8) is 0 Å². The summed E-state index contributed by atoms with van der Waals surface area (Å²) in [6.07, 6.45) is 1.72. The standard InChI is InChI=1S/C19H20N2O3/c1-14-16-8-3-4-9-17(16)24-18(14)19(22)21(11-12-23-2)13-15-7-5-6-10-20-15/h3-10H,11-13H2,1-2H3. The summed E-state index contributed by atoms with van der Waals surface area (Å²) in [5.74, 6) is 0.231. The second-order valence-electron chi connectivity index (χ2n) is 5.59. The molecule has 0 fully saturated rings. The minimum Gasteiger partial charge on any atom is -0.451 e. The summed E-state index contributed by atoms with van der Waals surface area (Å²) in [6.45, 7) is 3.26. The highest BCUT2D eigenvalue weighted by atomic mass is 16.5. The van der Waals surface area contributed by atoms with Crippen LogP contribution in [0.1, 0.15) is 21.8 Å². The van der Waals surface area contributed by atoms with Gasteiger partial charge in [0, 0.05) is 30.8 Å². The number of amides is 1. The van der Waals surface area contributed by atoms with Crippen LogP contribution in [0.5, 0.6) is 0 Å². The third-order valence-corrected chi connectivity index (χ3v) is 3.97. The summed E-state index contributed by atoms with van der Waals surface area (Å²) in [7, 11) is 1.62. The van der Waals surface area contributed by atoms with Gasteiger partial charge in [-0.05, 0) is 25.1 Å². The first kappa shape index (κ1) is 16.2. The average molecular weight is 324 g/mol. The average Bonchev–Trinajstić information content (AvgIpc) is 2.96. The van der Waals surface area contributed by atoms with Crippen LogP contribution in [0.15, 0.2) is 53.1 Å². The molecule has 0 bridgehead atoms. The summed E-state index contributed by atoms with van der Waals surface area (Å²) < 4.78 is 10.9. The molecule has 3 rings (SSSR count). The van der Waals surface area contributed by atoms with Gasteiger partial charge in [-0.1, -0.05) is 24.3 Å². The molecule has 1 aromatic carbocycles. The molecule has 0 unspecified atom stereocenters. The van der Waals surface area contributed by atoms with E-state index in [1.54, 1.807) is 18.2 Å². The monoisotopic (exact) mass is 324 g/mol. The van der Waals surface area contributed by atoms with Crippen molar-refractivity contribution in [2.75, 3.05) is 20.3 Å². The topological polar surface area (TPSA) is 55.6 Å². The minimum absolute atomic E-state index is 0.147. The summed E-state index contributed by atoms with van der Waals surface area (Å²) in [6, 6.07) is 13.3. The fraction of sp³-hybridized carbons (Fsp3) is 0.263. The Morgan fingerprint density at radius 2 is 2.00 bits per heavy atom. The lowest BCUT2D eigenvalue weighted by atomic mass is 10.1. The van der Waals surface area contributed by atoms with Crippen LogP contribution in [0, 0.1) is 6.92 Å². The first-order valence-electron chi connectivity index (χ1n) is 7.87. The summed E-state index contributed by atoms with van der Waals surface area (Å²) in [4.78, 5) is 19.0. The van der Waals surface area contributed by atoms with Crippen molar-refractivity contribution < 1.29 is 13.9 Å². The number of ether oxygens (including phenoxy) is 1. The third-order valence-electron chi connectivity index (χ3n) is 3.97. The van der Waals surface area contributed by atoms with E-state index in [4.69, 9.17) is 9.15 Å². The molecule has 5 heteroatoms. The molecule has 1 amide bonds. The maximum atomic E-state index is 13.0. The highest BCUT2D eigenvalue weighted by Crippen LogP contribution is 2.26. The number of benzene rings is 1. The zero-order valence-electron chi connectivity index (χ0n) is 13.9. The molecule has 0 aliphatic rings. The number of pyridine rings is 1. The molecule has 2 heterocycles. The van der Waals surface area contributed by atoms with Gasteiger partial charge in [0.2, 0.25) is 0 Å². The number of carbonyl (C=O) groups excluding carboxylic acids is 1. The minimum atomic E-state index is -0.147. The van der Waals surface area contributed by atoms with Gasteiger partial charge in [0.15, 0.2) is 5.76 Å². The van der Waals surface area contributed by atoms with Gasteiger partial charge in [-0.25, -0.2) is 0 Å². The number of aryl methyl sites for hydroxylation is 1. The van der Waals surface area contributed by atoms with E-state index in [9.17, 15) is 4.79 Å². The normalized spacial score (nSPS) is 10.9. The molecule has 0 saturated heterocycles. The van der Waals surface area contributed by atoms with Gasteiger partial charge in [-0.15, -0.1) is 0 Å². The number of hydrogen-bond acceptors (Lipinski definition) is 4. The van der Waals surface area contributed by atoms with Gasteiger partial charge in [0.1, 0.15) is 5.58 Å². The van der Waals surface area contributed by atoms with Gasteiger partial charge in [-0.3, -0.25) is 9.78 Å². The lowest BCUT2D eigenvalue weighted by Gasteiger charge is -2.21. The first-order chi connectivity index (χ1) is 11.7. The molecule has 0 atom stereocenters. The molecule has 124 valence electrons. The Hall–Kier alpha value is -2.66. The van der Waals surface area contributed by atoms with Gasteiger partial charge < -0.3 is 14.1 Å². The quantitative estimate of drug-likeness (QED) is 0.697. The van der Waals surface area contributed by atoms with Crippen molar-refractivity contribution in [2.24, 2.45) is 0 Å². The molecule has 0 spiro atoms. The second-order valence-corrected chi connectivity index (χ2v) is 5.59. The number of methoxy groups -OCH3 is 1. The van der Waals surface area contributed by atoms with Gasteiger partial charge in [-0.2, -0.15) is 0 Å². The van der Waals surface area contributed by atoms with E-state index in [1.807, 2.05) is 49.4 Å². The Labute approximate surface area is 140 Å². The molecule has 0 aliphatic heterocycles. The number of furan rings is 1. The van der Waals surface area contributed by atoms with E-state index in [-0.39, 0.29) is 5.91 Å². The Bertz CT molecular complexity index is 827. The van der Waals surface area contributed by atoms with Crippen LogP contribution >= 0.6 is 0 Å². The Morgan fingerprint density at radius 1 is 1.21 bits per heavy atom. The second kappa shape index (κ2) is 7.27. The number of carbonyl (C=O) groups is 1. The SMILES string of the molecule is COCCN(Cc1ccccn1)C(=O)c1oc2ccccc2c1C. The van der Waals surface area contributed by atoms with Crippen molar-refractivity contribution in [1.82, 2.24) is 9.88 Å². The summed E-state index contributed by atoms with van der Waals surface area (Å²) in [5, 5.41) is 0.963. The van der Waals surface area contributed by atoms with E-state index >= 15 is 0 Å². The van der Waals surface area contributed by atoms with E-state index < -0.39 is 0 Å². The third kappa shape index (κ3) is 3.31. The number of nitrogens with zero attached hydrogens (tertiary/aromatic N) is 2. The molecule has 0 saturated carbocycles. The number of fused-ring (bicyclic) bond motifs is 1. The molecule has 0 N–H and O–H groups in total. The van der Waals surface area contributed by atoms with Crippen LogP contribution in [-0.2, 0) is 11.3 Å². The molecule has 0 aliphatic carbocycles. The van der Waals surface area contributed by atoms with Gasteiger partial charge in [0.25, 0.3) is 5.91 Å². The van der Waals surface area contributed by atoms with Gasteiger partial charge >= 0.3 is 0 Å². The lowest BCUT2D eigenvalue weighted by molar-refractivity contribution is 0.0648. The molecule has 5 nitrogen and oxygen atoms in total. The Kier molecular flexibility index (Phi) is 4.91. The van der Waals surface area contributed by atoms with Crippen LogP contribution in [0.4, 0.5) is 0 Å². The van der Waals surface area contributed by atoms with Gasteiger partial charge in [0.05, 0.1) is 18.8 Å². The van der Waals surface area contributed by atoms with Crippen LogP contribution in [0.25, 0.3) is 11.0 Å². The molecular weight excluding hydrogens is 304 g/mol. The zero-order valence-corrected chi connectivity index (χ0v) is 13.9. The highest BCUT2D eigenvalue weighted by molar-refractivity contribution is 5.98. The number of hydrogen-bond donors (Lipinski definition) is 0. The van der Waals surface area contributed by atoms with Crippen LogP contribution in [0.2, 0.25) is 0 Å². The van der Waals surface area contributed by atoms with Crippen molar-refractivity contribution in [2.45, 2.75) is 13.5 Å².